The number of carboxylic acids is 1. The second-order valence-electron chi connectivity index (χ2n) is 2.89. The predicted molar refractivity (Wildman–Crippen MR) is 51.9 cm³/mol. The van der Waals surface area contributed by atoms with Crippen LogP contribution in [0.3, 0.4) is 0 Å². The van der Waals surface area contributed by atoms with E-state index >= 15 is 0 Å². The first-order valence-corrected chi connectivity index (χ1v) is 4.36. The molecule has 14 heavy (non-hydrogen) atoms. The average molecular weight is 211 g/mol. The lowest BCUT2D eigenvalue weighted by Crippen LogP contribution is -2.04. The van der Waals surface area contributed by atoms with Crippen molar-refractivity contribution >= 4 is 23.2 Å². The van der Waals surface area contributed by atoms with E-state index in [1.807, 2.05) is 0 Å². The van der Waals surface area contributed by atoms with E-state index in [-0.39, 0.29) is 5.69 Å². The molecule has 0 amide bonds. The van der Waals surface area contributed by atoms with Gasteiger partial charge < -0.3 is 5.11 Å². The second kappa shape index (κ2) is 2.99. The summed E-state index contributed by atoms with van der Waals surface area (Å²) < 4.78 is 1.42. The first-order valence-electron chi connectivity index (χ1n) is 3.98. The summed E-state index contributed by atoms with van der Waals surface area (Å²) in [7, 11) is 0. The van der Waals surface area contributed by atoms with E-state index in [1.54, 1.807) is 25.1 Å². The highest BCUT2D eigenvalue weighted by Crippen LogP contribution is 2.18. The van der Waals surface area contributed by atoms with Gasteiger partial charge in [-0.2, -0.15) is 0 Å². The largest absolute Gasteiger partial charge is 0.477 e. The van der Waals surface area contributed by atoms with Crippen LogP contribution in [-0.4, -0.2) is 20.5 Å². The summed E-state index contributed by atoms with van der Waals surface area (Å²) >= 11 is 5.88. The number of nitrogens with zero attached hydrogens (tertiary/aromatic N) is 2. The molecule has 5 heteroatoms. The number of carboxylic acid groups (broad SMARTS) is 1. The lowest BCUT2D eigenvalue weighted by atomic mass is 10.3. The Balaban J connectivity index is 2.93. The second-order valence-corrected chi connectivity index (χ2v) is 3.28. The van der Waals surface area contributed by atoms with Crippen LogP contribution in [0.25, 0.3) is 5.65 Å². The number of hydrogen-bond donors (Lipinski definition) is 1. The van der Waals surface area contributed by atoms with Gasteiger partial charge in [-0.1, -0.05) is 17.7 Å². The molecule has 2 aromatic rings. The van der Waals surface area contributed by atoms with Crippen LogP contribution >= 0.6 is 11.6 Å². The molecule has 1 N–H and O–H groups in total. The number of aromatic nitrogens is 2. The van der Waals surface area contributed by atoms with Gasteiger partial charge in [0.15, 0.2) is 5.69 Å². The molecule has 0 saturated heterocycles. The number of rotatable bonds is 1. The summed E-state index contributed by atoms with van der Waals surface area (Å²) in [6.45, 7) is 1.65. The Kier molecular flexibility index (Phi) is 1.93. The van der Waals surface area contributed by atoms with Crippen molar-refractivity contribution in [2.45, 2.75) is 6.92 Å². The summed E-state index contributed by atoms with van der Waals surface area (Å²) in [6, 6.07) is 5.07. The lowest BCUT2D eigenvalue weighted by molar-refractivity contribution is 0.0688. The molecular weight excluding hydrogens is 204 g/mol. The third-order valence-corrected chi connectivity index (χ3v) is 2.27. The van der Waals surface area contributed by atoms with Gasteiger partial charge in [-0.25, -0.2) is 9.78 Å². The molecule has 0 aliphatic carbocycles. The molecule has 0 radical (unpaired) electrons. The minimum atomic E-state index is -1.02. The van der Waals surface area contributed by atoms with Gasteiger partial charge in [-0.3, -0.25) is 4.40 Å². The van der Waals surface area contributed by atoms with E-state index < -0.39 is 5.97 Å². The van der Waals surface area contributed by atoms with Crippen LogP contribution < -0.4 is 0 Å². The Morgan fingerprint density at radius 3 is 2.93 bits per heavy atom. The van der Waals surface area contributed by atoms with Crippen LogP contribution in [0.15, 0.2) is 18.2 Å². The van der Waals surface area contributed by atoms with Crippen molar-refractivity contribution in [2.24, 2.45) is 0 Å². The summed E-state index contributed by atoms with van der Waals surface area (Å²) in [6.07, 6.45) is 0. The number of fused-ring (bicyclic) bond motifs is 1. The van der Waals surface area contributed by atoms with Crippen molar-refractivity contribution in [1.29, 1.82) is 0 Å². The molecule has 0 aromatic carbocycles. The first-order chi connectivity index (χ1) is 6.61. The van der Waals surface area contributed by atoms with Crippen molar-refractivity contribution < 1.29 is 9.90 Å². The van der Waals surface area contributed by atoms with Crippen molar-refractivity contribution in [3.63, 3.8) is 0 Å². The van der Waals surface area contributed by atoms with E-state index in [1.165, 1.54) is 4.40 Å². The molecule has 2 heterocycles. The number of aryl methyl sites for hydroxylation is 1. The van der Waals surface area contributed by atoms with Crippen molar-refractivity contribution in [2.75, 3.05) is 0 Å². The highest BCUT2D eigenvalue weighted by atomic mass is 35.5. The van der Waals surface area contributed by atoms with Gasteiger partial charge in [0.2, 0.25) is 0 Å². The number of halogens is 1. The normalized spacial score (nSPS) is 10.7. The summed E-state index contributed by atoms with van der Waals surface area (Å²) in [5, 5.41) is 9.31. The van der Waals surface area contributed by atoms with Crippen molar-refractivity contribution in [3.05, 3.63) is 34.7 Å². The van der Waals surface area contributed by atoms with Crippen LogP contribution in [0.1, 0.15) is 16.2 Å². The lowest BCUT2D eigenvalue weighted by Gasteiger charge is -1.99. The molecular formula is C9H7ClN2O2. The number of carbonyl (C=O) groups is 1. The Hall–Kier alpha value is -1.55. The molecule has 0 aliphatic rings. The maximum atomic E-state index is 10.9. The minimum Gasteiger partial charge on any atom is -0.477 e. The maximum absolute atomic E-state index is 10.9. The topological polar surface area (TPSA) is 54.6 Å². The van der Waals surface area contributed by atoms with Crippen molar-refractivity contribution in [1.82, 2.24) is 9.38 Å². The number of aromatic carboxylic acids is 1. The van der Waals surface area contributed by atoms with E-state index in [9.17, 15) is 4.79 Å². The fourth-order valence-electron chi connectivity index (χ4n) is 1.42. The third kappa shape index (κ3) is 1.15. The molecule has 72 valence electrons. The molecule has 0 aliphatic heterocycles. The van der Waals surface area contributed by atoms with Gasteiger partial charge in [0.25, 0.3) is 0 Å². The van der Waals surface area contributed by atoms with E-state index in [0.717, 1.165) is 0 Å². The summed E-state index contributed by atoms with van der Waals surface area (Å²) in [5.74, 6) is -1.02. The summed E-state index contributed by atoms with van der Waals surface area (Å²) in [4.78, 5) is 15.0. The highest BCUT2D eigenvalue weighted by Gasteiger charge is 2.16. The zero-order valence-corrected chi connectivity index (χ0v) is 8.12. The number of imidazole rings is 1. The predicted octanol–water partition coefficient (Wildman–Crippen LogP) is 1.99. The van der Waals surface area contributed by atoms with Gasteiger partial charge in [-0.05, 0) is 19.1 Å². The van der Waals surface area contributed by atoms with Gasteiger partial charge in [0.05, 0.1) is 5.69 Å². The minimum absolute atomic E-state index is 0.116. The first kappa shape index (κ1) is 9.02. The van der Waals surface area contributed by atoms with Gasteiger partial charge >= 0.3 is 5.97 Å². The number of hydrogen-bond acceptors (Lipinski definition) is 2. The van der Waals surface area contributed by atoms with Gasteiger partial charge in [0.1, 0.15) is 10.8 Å². The van der Waals surface area contributed by atoms with Crippen LogP contribution in [-0.2, 0) is 0 Å². The Morgan fingerprint density at radius 2 is 2.29 bits per heavy atom. The fourth-order valence-corrected chi connectivity index (χ4v) is 1.66. The number of pyridine rings is 1. The Labute approximate surface area is 84.8 Å². The van der Waals surface area contributed by atoms with Gasteiger partial charge in [0, 0.05) is 0 Å². The third-order valence-electron chi connectivity index (χ3n) is 1.97. The molecule has 0 fully saturated rings. The monoisotopic (exact) mass is 210 g/mol. The standard InChI is InChI=1S/C9H7ClN2O2/c1-5-8(9(13)14)12-6(10)3-2-4-7(12)11-5/h2-4H,1H3,(H,13,14). The SMILES string of the molecule is Cc1nc2cccc(Cl)n2c1C(=O)O. The maximum Gasteiger partial charge on any atom is 0.354 e. The molecule has 4 nitrogen and oxygen atoms in total. The van der Waals surface area contributed by atoms with Gasteiger partial charge in [-0.15, -0.1) is 0 Å². The van der Waals surface area contributed by atoms with Crippen LogP contribution in [0.5, 0.6) is 0 Å². The molecule has 0 spiro atoms. The van der Waals surface area contributed by atoms with Crippen LogP contribution in [0.4, 0.5) is 0 Å². The Morgan fingerprint density at radius 1 is 1.57 bits per heavy atom. The molecule has 0 bridgehead atoms. The molecule has 0 saturated carbocycles. The summed E-state index contributed by atoms with van der Waals surface area (Å²) in [5.41, 5.74) is 1.13. The zero-order valence-electron chi connectivity index (χ0n) is 7.36. The molecule has 0 atom stereocenters. The quantitative estimate of drug-likeness (QED) is 0.733. The smallest absolute Gasteiger partial charge is 0.354 e. The van der Waals surface area contributed by atoms with Crippen LogP contribution in [0.2, 0.25) is 5.15 Å². The molecule has 0 unspecified atom stereocenters. The average Bonchev–Trinajstić information content (AvgIpc) is 2.42. The molecule has 2 rings (SSSR count). The van der Waals surface area contributed by atoms with Crippen LogP contribution in [0, 0.1) is 6.92 Å². The van der Waals surface area contributed by atoms with Crippen molar-refractivity contribution in [3.8, 4) is 0 Å². The highest BCUT2D eigenvalue weighted by molar-refractivity contribution is 6.30. The Bertz CT molecular complexity index is 519. The van der Waals surface area contributed by atoms with E-state index in [4.69, 9.17) is 16.7 Å². The van der Waals surface area contributed by atoms with E-state index in [0.29, 0.717) is 16.5 Å². The fraction of sp³-hybridized carbons (Fsp3) is 0.111. The molecule has 2 aromatic heterocycles. The van der Waals surface area contributed by atoms with E-state index in [2.05, 4.69) is 4.98 Å². The zero-order chi connectivity index (χ0) is 10.3.